The largest absolute Gasteiger partial charge is 0.465 e. The lowest BCUT2D eigenvalue weighted by molar-refractivity contribution is -0.150. The molecule has 1 atom stereocenters. The fourth-order valence-electron chi connectivity index (χ4n) is 0.987. The van der Waals surface area contributed by atoms with Crippen LogP contribution in [-0.4, -0.2) is 24.4 Å². The summed E-state index contributed by atoms with van der Waals surface area (Å²) >= 11 is 0. The molecule has 1 rings (SSSR count). The van der Waals surface area contributed by atoms with Gasteiger partial charge in [0.25, 0.3) is 0 Å². The Kier molecular flexibility index (Phi) is 2.42. The first kappa shape index (κ1) is 8.70. The molecular formula is C7H9NO4. The summed E-state index contributed by atoms with van der Waals surface area (Å²) < 4.78 is 4.59. The molecule has 5 nitrogen and oxygen atoms in total. The fraction of sp³-hybridized carbons (Fsp3) is 0.571. The Hall–Kier alpha value is -1.39. The van der Waals surface area contributed by atoms with Crippen molar-refractivity contribution in [2.24, 2.45) is 5.92 Å². The summed E-state index contributed by atoms with van der Waals surface area (Å²) in [5.41, 5.74) is 0. The average molecular weight is 171 g/mol. The van der Waals surface area contributed by atoms with E-state index in [0.29, 0.717) is 0 Å². The molecule has 66 valence electrons. The fourth-order valence-corrected chi connectivity index (χ4v) is 0.987. The van der Waals surface area contributed by atoms with E-state index in [-0.39, 0.29) is 13.0 Å². The average Bonchev–Trinajstić information content (AvgIpc) is 2.30. The summed E-state index contributed by atoms with van der Waals surface area (Å²) in [6.45, 7) is 1.86. The van der Waals surface area contributed by atoms with E-state index in [0.717, 1.165) is 0 Å². The minimum absolute atomic E-state index is 0.0856. The zero-order valence-electron chi connectivity index (χ0n) is 6.62. The third-order valence-electron chi connectivity index (χ3n) is 1.54. The normalized spacial score (nSPS) is 22.2. The highest BCUT2D eigenvalue weighted by Gasteiger charge is 2.37. The van der Waals surface area contributed by atoms with Crippen LogP contribution in [0.25, 0.3) is 0 Å². The van der Waals surface area contributed by atoms with E-state index < -0.39 is 23.7 Å². The molecular weight excluding hydrogens is 162 g/mol. The molecule has 0 aromatic carbocycles. The van der Waals surface area contributed by atoms with Crippen molar-refractivity contribution in [3.8, 4) is 0 Å². The molecule has 12 heavy (non-hydrogen) atoms. The van der Waals surface area contributed by atoms with E-state index in [1.54, 1.807) is 6.92 Å². The van der Waals surface area contributed by atoms with Crippen molar-refractivity contribution in [3.63, 3.8) is 0 Å². The monoisotopic (exact) mass is 171 g/mol. The summed E-state index contributed by atoms with van der Waals surface area (Å²) in [5.74, 6) is -2.53. The van der Waals surface area contributed by atoms with Gasteiger partial charge >= 0.3 is 5.97 Å². The molecule has 2 amide bonds. The van der Waals surface area contributed by atoms with E-state index in [2.05, 4.69) is 4.74 Å². The third kappa shape index (κ3) is 1.61. The van der Waals surface area contributed by atoms with E-state index in [1.807, 2.05) is 5.32 Å². The van der Waals surface area contributed by atoms with Gasteiger partial charge in [-0.05, 0) is 6.92 Å². The van der Waals surface area contributed by atoms with Crippen molar-refractivity contribution in [1.29, 1.82) is 0 Å². The van der Waals surface area contributed by atoms with Gasteiger partial charge in [0, 0.05) is 6.42 Å². The molecule has 0 bridgehead atoms. The van der Waals surface area contributed by atoms with E-state index >= 15 is 0 Å². The topological polar surface area (TPSA) is 72.5 Å². The molecule has 0 saturated carbocycles. The second-order valence-corrected chi connectivity index (χ2v) is 2.42. The highest BCUT2D eigenvalue weighted by atomic mass is 16.5. The molecule has 1 heterocycles. The van der Waals surface area contributed by atoms with Crippen molar-refractivity contribution in [1.82, 2.24) is 5.32 Å². The van der Waals surface area contributed by atoms with Crippen molar-refractivity contribution >= 4 is 17.8 Å². The lowest BCUT2D eigenvalue weighted by Crippen LogP contribution is -2.27. The molecule has 0 aromatic rings. The van der Waals surface area contributed by atoms with E-state index in [1.165, 1.54) is 0 Å². The standard InChI is InChI=1S/C7H9NO4/c1-2-12-7(11)4-3-5(9)8-6(4)10/h4H,2-3H2,1H3,(H,8,9,10)/t4-/m0/s1. The predicted molar refractivity (Wildman–Crippen MR) is 37.9 cm³/mol. The van der Waals surface area contributed by atoms with Crippen LogP contribution in [0.3, 0.4) is 0 Å². The number of ether oxygens (including phenoxy) is 1. The number of nitrogens with one attached hydrogen (secondary N) is 1. The number of carbonyl (C=O) groups excluding carboxylic acids is 3. The second kappa shape index (κ2) is 3.34. The van der Waals surface area contributed by atoms with Crippen molar-refractivity contribution in [3.05, 3.63) is 0 Å². The Morgan fingerprint density at radius 1 is 1.67 bits per heavy atom. The highest BCUT2D eigenvalue weighted by Crippen LogP contribution is 2.11. The van der Waals surface area contributed by atoms with Crippen LogP contribution in [0.15, 0.2) is 0 Å². The molecule has 5 heteroatoms. The number of amides is 2. The molecule has 0 unspecified atom stereocenters. The predicted octanol–water partition coefficient (Wildman–Crippen LogP) is -0.788. The number of esters is 1. The van der Waals surface area contributed by atoms with Crippen LogP contribution in [0.1, 0.15) is 13.3 Å². The maximum atomic E-state index is 11.0. The van der Waals surface area contributed by atoms with E-state index in [4.69, 9.17) is 0 Å². The summed E-state index contributed by atoms with van der Waals surface area (Å²) in [6.07, 6.45) is -0.0856. The molecule has 1 fully saturated rings. The number of hydrogen-bond donors (Lipinski definition) is 1. The van der Waals surface area contributed by atoms with Gasteiger partial charge in [0.2, 0.25) is 11.8 Å². The molecule has 0 aliphatic carbocycles. The Morgan fingerprint density at radius 3 is 2.75 bits per heavy atom. The number of hydrogen-bond acceptors (Lipinski definition) is 4. The third-order valence-corrected chi connectivity index (χ3v) is 1.54. The number of rotatable bonds is 2. The smallest absolute Gasteiger partial charge is 0.319 e. The van der Waals surface area contributed by atoms with Crippen LogP contribution in [0.5, 0.6) is 0 Å². The van der Waals surface area contributed by atoms with E-state index in [9.17, 15) is 14.4 Å². The molecule has 1 aliphatic rings. The van der Waals surface area contributed by atoms with Crippen LogP contribution in [-0.2, 0) is 19.1 Å². The number of carbonyl (C=O) groups is 3. The summed E-state index contributed by atoms with van der Waals surface area (Å²) in [6, 6.07) is 0. The quantitative estimate of drug-likeness (QED) is 0.336. The molecule has 1 aliphatic heterocycles. The first-order valence-corrected chi connectivity index (χ1v) is 3.65. The van der Waals surface area contributed by atoms with Gasteiger partial charge in [-0.25, -0.2) is 0 Å². The maximum absolute atomic E-state index is 11.0. The van der Waals surface area contributed by atoms with Gasteiger partial charge in [0.1, 0.15) is 5.92 Å². The zero-order valence-corrected chi connectivity index (χ0v) is 6.62. The van der Waals surface area contributed by atoms with Gasteiger partial charge in [-0.2, -0.15) is 0 Å². The molecule has 0 spiro atoms. The Labute approximate surface area is 69.1 Å². The first-order chi connectivity index (χ1) is 5.65. The Morgan fingerprint density at radius 2 is 2.33 bits per heavy atom. The van der Waals surface area contributed by atoms with Gasteiger partial charge in [-0.15, -0.1) is 0 Å². The lowest BCUT2D eigenvalue weighted by atomic mass is 10.1. The second-order valence-electron chi connectivity index (χ2n) is 2.42. The van der Waals surface area contributed by atoms with Crippen LogP contribution in [0.4, 0.5) is 0 Å². The first-order valence-electron chi connectivity index (χ1n) is 3.65. The Bertz CT molecular complexity index is 236. The zero-order chi connectivity index (χ0) is 9.14. The van der Waals surface area contributed by atoms with Gasteiger partial charge in [0.05, 0.1) is 6.61 Å². The van der Waals surface area contributed by atoms with Crippen LogP contribution in [0.2, 0.25) is 0 Å². The van der Waals surface area contributed by atoms with Crippen molar-refractivity contribution in [2.45, 2.75) is 13.3 Å². The minimum Gasteiger partial charge on any atom is -0.465 e. The summed E-state index contributed by atoms with van der Waals surface area (Å²) in [4.78, 5) is 32.5. The Balaban J connectivity index is 2.58. The van der Waals surface area contributed by atoms with Gasteiger partial charge in [-0.3, -0.25) is 19.7 Å². The molecule has 0 radical (unpaired) electrons. The van der Waals surface area contributed by atoms with Crippen LogP contribution >= 0.6 is 0 Å². The molecule has 1 N–H and O–H groups in total. The molecule has 1 saturated heterocycles. The minimum atomic E-state index is -0.933. The lowest BCUT2D eigenvalue weighted by Gasteiger charge is -2.03. The van der Waals surface area contributed by atoms with Gasteiger partial charge in [0.15, 0.2) is 0 Å². The summed E-state index contributed by atoms with van der Waals surface area (Å²) in [7, 11) is 0. The van der Waals surface area contributed by atoms with Gasteiger partial charge < -0.3 is 4.74 Å². The van der Waals surface area contributed by atoms with Crippen molar-refractivity contribution in [2.75, 3.05) is 6.61 Å². The molecule has 0 aromatic heterocycles. The number of imide groups is 1. The van der Waals surface area contributed by atoms with Crippen LogP contribution in [0, 0.1) is 5.92 Å². The maximum Gasteiger partial charge on any atom is 0.319 e. The highest BCUT2D eigenvalue weighted by molar-refractivity contribution is 6.12. The van der Waals surface area contributed by atoms with Crippen molar-refractivity contribution < 1.29 is 19.1 Å². The summed E-state index contributed by atoms with van der Waals surface area (Å²) in [5, 5.41) is 2.03. The SMILES string of the molecule is CCOC(=O)[C@H]1CC(=O)NC1=O. The van der Waals surface area contributed by atoms with Gasteiger partial charge in [-0.1, -0.05) is 0 Å². The van der Waals surface area contributed by atoms with Crippen LogP contribution < -0.4 is 5.32 Å².